The van der Waals surface area contributed by atoms with Gasteiger partial charge in [-0.2, -0.15) is 5.26 Å². The number of hydrogen-bond acceptors (Lipinski definition) is 3. The van der Waals surface area contributed by atoms with Gasteiger partial charge in [0.15, 0.2) is 0 Å². The van der Waals surface area contributed by atoms with Crippen molar-refractivity contribution in [2.24, 2.45) is 0 Å². The summed E-state index contributed by atoms with van der Waals surface area (Å²) in [6.07, 6.45) is 0.963. The van der Waals surface area contributed by atoms with Gasteiger partial charge in [-0.25, -0.2) is 0 Å². The molecule has 0 bridgehead atoms. The van der Waals surface area contributed by atoms with Crippen LogP contribution in [0, 0.1) is 11.3 Å². The highest BCUT2D eigenvalue weighted by atomic mass is 16.2. The lowest BCUT2D eigenvalue weighted by atomic mass is 9.98. The van der Waals surface area contributed by atoms with E-state index in [1.165, 1.54) is 0 Å². The molecule has 1 rings (SSSR count). The summed E-state index contributed by atoms with van der Waals surface area (Å²) in [7, 11) is 1.96. The number of nitrogens with zero attached hydrogens (tertiary/aromatic N) is 2. The third-order valence-corrected chi connectivity index (χ3v) is 4.04. The average Bonchev–Trinajstić information content (AvgIpc) is 2.45. The number of nitrogens with one attached hydrogen (secondary N) is 1. The van der Waals surface area contributed by atoms with E-state index in [2.05, 4.69) is 37.1 Å². The summed E-state index contributed by atoms with van der Waals surface area (Å²) in [6, 6.07) is 8.76. The number of nitriles is 1. The van der Waals surface area contributed by atoms with Crippen LogP contribution in [0.1, 0.15) is 39.7 Å². The molecule has 0 saturated carbocycles. The fourth-order valence-electron chi connectivity index (χ4n) is 1.86. The second kappa shape index (κ2) is 6.53. The minimum atomic E-state index is -0.240. The van der Waals surface area contributed by atoms with Gasteiger partial charge in [0.25, 0.3) is 0 Å². The standard InChI is InChI=1S/C16H23N3O/c1-6-16(3,4)19(5)12(2)15(20)18-14-9-7-8-13(10-14)11-17/h7-10,12H,6H2,1-5H3,(H,18,20). The van der Waals surface area contributed by atoms with E-state index in [9.17, 15) is 4.79 Å². The molecule has 1 unspecified atom stereocenters. The third kappa shape index (κ3) is 3.82. The van der Waals surface area contributed by atoms with Gasteiger partial charge < -0.3 is 5.32 Å². The molecular weight excluding hydrogens is 250 g/mol. The summed E-state index contributed by atoms with van der Waals surface area (Å²) in [6.45, 7) is 8.23. The molecule has 108 valence electrons. The first-order valence-electron chi connectivity index (χ1n) is 6.85. The van der Waals surface area contributed by atoms with Gasteiger partial charge in [0.2, 0.25) is 5.91 Å². The number of likely N-dealkylation sites (N-methyl/N-ethyl adjacent to an activating group) is 1. The fraction of sp³-hybridized carbons (Fsp3) is 0.500. The molecule has 0 aliphatic carbocycles. The van der Waals surface area contributed by atoms with Crippen molar-refractivity contribution < 1.29 is 4.79 Å². The molecule has 1 N–H and O–H groups in total. The topological polar surface area (TPSA) is 56.1 Å². The van der Waals surface area contributed by atoms with E-state index in [1.54, 1.807) is 24.3 Å². The van der Waals surface area contributed by atoms with Gasteiger partial charge in [-0.3, -0.25) is 9.69 Å². The molecular formula is C16H23N3O. The Balaban J connectivity index is 2.78. The predicted molar refractivity (Wildman–Crippen MR) is 81.4 cm³/mol. The van der Waals surface area contributed by atoms with Crippen molar-refractivity contribution in [3.63, 3.8) is 0 Å². The Hall–Kier alpha value is -1.86. The van der Waals surface area contributed by atoms with Crippen LogP contribution in [0.25, 0.3) is 0 Å². The molecule has 0 saturated heterocycles. The quantitative estimate of drug-likeness (QED) is 0.897. The van der Waals surface area contributed by atoms with Crippen LogP contribution in [0.2, 0.25) is 0 Å². The zero-order chi connectivity index (χ0) is 15.3. The Kier molecular flexibility index (Phi) is 5.29. The third-order valence-electron chi connectivity index (χ3n) is 4.04. The minimum Gasteiger partial charge on any atom is -0.325 e. The van der Waals surface area contributed by atoms with E-state index in [0.717, 1.165) is 6.42 Å². The maximum atomic E-state index is 12.3. The molecule has 0 aliphatic rings. The summed E-state index contributed by atoms with van der Waals surface area (Å²) in [5.74, 6) is -0.0656. The van der Waals surface area contributed by atoms with Gasteiger partial charge in [0.1, 0.15) is 0 Å². The van der Waals surface area contributed by atoms with E-state index < -0.39 is 0 Å². The van der Waals surface area contributed by atoms with Crippen molar-refractivity contribution in [3.8, 4) is 6.07 Å². The van der Waals surface area contributed by atoms with E-state index in [-0.39, 0.29) is 17.5 Å². The highest BCUT2D eigenvalue weighted by molar-refractivity contribution is 5.94. The average molecular weight is 273 g/mol. The molecule has 1 aromatic carbocycles. The zero-order valence-corrected chi connectivity index (χ0v) is 12.9. The number of benzene rings is 1. The van der Waals surface area contributed by atoms with Crippen molar-refractivity contribution >= 4 is 11.6 Å². The molecule has 4 heteroatoms. The zero-order valence-electron chi connectivity index (χ0n) is 12.9. The summed E-state index contributed by atoms with van der Waals surface area (Å²) in [5, 5.41) is 11.7. The van der Waals surface area contributed by atoms with Crippen LogP contribution in [0.3, 0.4) is 0 Å². The monoisotopic (exact) mass is 273 g/mol. The summed E-state index contributed by atoms with van der Waals surface area (Å²) < 4.78 is 0. The molecule has 1 atom stereocenters. The SMILES string of the molecule is CCC(C)(C)N(C)C(C)C(=O)Nc1cccc(C#N)c1. The summed E-state index contributed by atoms with van der Waals surface area (Å²) in [4.78, 5) is 14.3. The molecule has 0 spiro atoms. The Bertz CT molecular complexity index is 517. The van der Waals surface area contributed by atoms with Gasteiger partial charge >= 0.3 is 0 Å². The summed E-state index contributed by atoms with van der Waals surface area (Å²) in [5.41, 5.74) is 1.16. The number of amides is 1. The molecule has 0 heterocycles. The lowest BCUT2D eigenvalue weighted by Gasteiger charge is -2.38. The molecule has 0 fully saturated rings. The van der Waals surface area contributed by atoms with E-state index >= 15 is 0 Å². The Morgan fingerprint density at radius 3 is 2.70 bits per heavy atom. The number of carbonyl (C=O) groups excluding carboxylic acids is 1. The molecule has 1 amide bonds. The Morgan fingerprint density at radius 2 is 2.15 bits per heavy atom. The van der Waals surface area contributed by atoms with Crippen LogP contribution >= 0.6 is 0 Å². The van der Waals surface area contributed by atoms with Crippen molar-refractivity contribution in [2.75, 3.05) is 12.4 Å². The maximum Gasteiger partial charge on any atom is 0.241 e. The Morgan fingerprint density at radius 1 is 1.50 bits per heavy atom. The van der Waals surface area contributed by atoms with E-state index in [1.807, 2.05) is 14.0 Å². The molecule has 0 aliphatic heterocycles. The first-order chi connectivity index (χ1) is 9.31. The van der Waals surface area contributed by atoms with E-state index in [4.69, 9.17) is 5.26 Å². The van der Waals surface area contributed by atoms with E-state index in [0.29, 0.717) is 11.3 Å². The van der Waals surface area contributed by atoms with Crippen molar-refractivity contribution in [1.29, 1.82) is 5.26 Å². The van der Waals surface area contributed by atoms with Gasteiger partial charge in [0, 0.05) is 11.2 Å². The van der Waals surface area contributed by atoms with Crippen LogP contribution in [0.4, 0.5) is 5.69 Å². The molecule has 0 radical (unpaired) electrons. The van der Waals surface area contributed by atoms with Crippen LogP contribution in [-0.2, 0) is 4.79 Å². The molecule has 1 aromatic rings. The minimum absolute atomic E-state index is 0.0364. The van der Waals surface area contributed by atoms with Crippen molar-refractivity contribution in [2.45, 2.75) is 45.7 Å². The highest BCUT2D eigenvalue weighted by Crippen LogP contribution is 2.20. The van der Waals surface area contributed by atoms with Crippen molar-refractivity contribution in [1.82, 2.24) is 4.90 Å². The smallest absolute Gasteiger partial charge is 0.241 e. The van der Waals surface area contributed by atoms with Crippen molar-refractivity contribution in [3.05, 3.63) is 29.8 Å². The number of rotatable bonds is 5. The van der Waals surface area contributed by atoms with Crippen LogP contribution in [0.15, 0.2) is 24.3 Å². The lowest BCUT2D eigenvalue weighted by Crippen LogP contribution is -2.50. The van der Waals surface area contributed by atoms with Gasteiger partial charge in [-0.1, -0.05) is 13.0 Å². The van der Waals surface area contributed by atoms with Gasteiger partial charge in [0.05, 0.1) is 17.7 Å². The van der Waals surface area contributed by atoms with Crippen LogP contribution in [-0.4, -0.2) is 29.4 Å². The lowest BCUT2D eigenvalue weighted by molar-refractivity contribution is -0.122. The number of hydrogen-bond donors (Lipinski definition) is 1. The maximum absolute atomic E-state index is 12.3. The Labute approximate surface area is 121 Å². The first kappa shape index (κ1) is 16.2. The first-order valence-corrected chi connectivity index (χ1v) is 6.85. The van der Waals surface area contributed by atoms with Gasteiger partial charge in [-0.05, 0) is 52.4 Å². The molecule has 20 heavy (non-hydrogen) atoms. The van der Waals surface area contributed by atoms with Crippen LogP contribution < -0.4 is 5.32 Å². The fourth-order valence-corrected chi connectivity index (χ4v) is 1.86. The highest BCUT2D eigenvalue weighted by Gasteiger charge is 2.29. The number of carbonyl (C=O) groups is 1. The summed E-state index contributed by atoms with van der Waals surface area (Å²) >= 11 is 0. The van der Waals surface area contributed by atoms with Crippen LogP contribution in [0.5, 0.6) is 0 Å². The largest absolute Gasteiger partial charge is 0.325 e. The normalized spacial score (nSPS) is 12.8. The second-order valence-corrected chi connectivity index (χ2v) is 5.63. The molecule has 4 nitrogen and oxygen atoms in total. The molecule has 0 aromatic heterocycles. The van der Waals surface area contributed by atoms with Gasteiger partial charge in [-0.15, -0.1) is 0 Å². The predicted octanol–water partition coefficient (Wildman–Crippen LogP) is 3.01. The number of anilines is 1. The second-order valence-electron chi connectivity index (χ2n) is 5.63.